The highest BCUT2D eigenvalue weighted by Gasteiger charge is 2.14. The zero-order chi connectivity index (χ0) is 13.7. The highest BCUT2D eigenvalue weighted by molar-refractivity contribution is 5.66. The number of imidazole rings is 1. The van der Waals surface area contributed by atoms with Crippen molar-refractivity contribution in [3.8, 4) is 0 Å². The van der Waals surface area contributed by atoms with Gasteiger partial charge in [0.1, 0.15) is 5.82 Å². The second kappa shape index (κ2) is 6.38. The molecule has 19 heavy (non-hydrogen) atoms. The zero-order valence-electron chi connectivity index (χ0n) is 11.5. The number of anilines is 2. The molecule has 0 aliphatic heterocycles. The molecule has 0 unspecified atom stereocenters. The van der Waals surface area contributed by atoms with E-state index < -0.39 is 0 Å². The van der Waals surface area contributed by atoms with Gasteiger partial charge in [0.2, 0.25) is 0 Å². The average molecular weight is 263 g/mol. The summed E-state index contributed by atoms with van der Waals surface area (Å²) in [5, 5.41) is 12.3. The summed E-state index contributed by atoms with van der Waals surface area (Å²) in [6, 6.07) is 0. The Balaban J connectivity index is 2.40. The molecule has 6 nitrogen and oxygen atoms in total. The minimum absolute atomic E-state index is 0.113. The summed E-state index contributed by atoms with van der Waals surface area (Å²) >= 11 is 0. The van der Waals surface area contributed by atoms with Crippen LogP contribution in [-0.4, -0.2) is 46.2 Å². The molecule has 2 aromatic heterocycles. The molecule has 0 aromatic carbocycles. The number of aliphatic hydroxyl groups excluding tert-OH is 1. The topological polar surface area (TPSA) is 65.7 Å². The lowest BCUT2D eigenvalue weighted by atomic mass is 10.3. The van der Waals surface area contributed by atoms with E-state index in [-0.39, 0.29) is 6.61 Å². The lowest BCUT2D eigenvalue weighted by Crippen LogP contribution is -2.29. The summed E-state index contributed by atoms with van der Waals surface area (Å²) in [6.07, 6.45) is 7.74. The maximum Gasteiger partial charge on any atom is 0.180 e. The van der Waals surface area contributed by atoms with Crippen molar-refractivity contribution in [1.82, 2.24) is 14.4 Å². The van der Waals surface area contributed by atoms with Crippen LogP contribution in [0.1, 0.15) is 19.8 Å². The molecule has 2 heterocycles. The predicted molar refractivity (Wildman–Crippen MR) is 76.7 cm³/mol. The number of hydrogen-bond acceptors (Lipinski definition) is 5. The Hall–Kier alpha value is -1.82. The van der Waals surface area contributed by atoms with Gasteiger partial charge in [-0.25, -0.2) is 9.97 Å². The van der Waals surface area contributed by atoms with Crippen molar-refractivity contribution in [3.63, 3.8) is 0 Å². The van der Waals surface area contributed by atoms with E-state index in [1.54, 1.807) is 6.20 Å². The average Bonchev–Trinajstić information content (AvgIpc) is 2.90. The van der Waals surface area contributed by atoms with Gasteiger partial charge in [0.15, 0.2) is 11.5 Å². The zero-order valence-corrected chi connectivity index (χ0v) is 11.5. The first kappa shape index (κ1) is 13.6. The number of fused-ring (bicyclic) bond motifs is 1. The van der Waals surface area contributed by atoms with Crippen molar-refractivity contribution in [1.29, 1.82) is 0 Å². The molecule has 0 spiro atoms. The Kier molecular flexibility index (Phi) is 4.57. The van der Waals surface area contributed by atoms with E-state index in [0.717, 1.165) is 36.7 Å². The number of nitrogens with one attached hydrogen (secondary N) is 1. The van der Waals surface area contributed by atoms with Crippen LogP contribution in [-0.2, 0) is 0 Å². The maximum absolute atomic E-state index is 9.23. The molecule has 2 N–H and O–H groups in total. The van der Waals surface area contributed by atoms with Crippen LogP contribution in [0.2, 0.25) is 0 Å². The maximum atomic E-state index is 9.23. The number of aliphatic hydroxyl groups is 1. The van der Waals surface area contributed by atoms with Crippen LogP contribution in [0.4, 0.5) is 11.6 Å². The second-order valence-electron chi connectivity index (χ2n) is 4.42. The van der Waals surface area contributed by atoms with E-state index in [4.69, 9.17) is 0 Å². The molecule has 0 saturated carbocycles. The van der Waals surface area contributed by atoms with Gasteiger partial charge in [-0.05, 0) is 6.42 Å². The molecule has 0 aliphatic rings. The standard InChI is InChI=1S/C13H21N5O/c1-3-4-6-17(8-9-19)13-12-15-5-7-18(12)10-11(14-2)16-13/h5,7,10,14,19H,3-4,6,8-9H2,1-2H3. The van der Waals surface area contributed by atoms with Crippen molar-refractivity contribution in [3.05, 3.63) is 18.6 Å². The van der Waals surface area contributed by atoms with Crippen molar-refractivity contribution in [2.75, 3.05) is 37.0 Å². The smallest absolute Gasteiger partial charge is 0.180 e. The molecule has 0 atom stereocenters. The molecule has 0 amide bonds. The lowest BCUT2D eigenvalue weighted by Gasteiger charge is -2.23. The highest BCUT2D eigenvalue weighted by atomic mass is 16.3. The first-order valence-corrected chi connectivity index (χ1v) is 6.67. The summed E-state index contributed by atoms with van der Waals surface area (Å²) in [5.74, 6) is 1.61. The molecule has 0 fully saturated rings. The van der Waals surface area contributed by atoms with E-state index in [2.05, 4.69) is 27.1 Å². The Morgan fingerprint density at radius 3 is 2.95 bits per heavy atom. The first-order chi connectivity index (χ1) is 9.30. The van der Waals surface area contributed by atoms with E-state index >= 15 is 0 Å². The van der Waals surface area contributed by atoms with Gasteiger partial charge in [0.05, 0.1) is 12.8 Å². The van der Waals surface area contributed by atoms with E-state index in [1.165, 1.54) is 0 Å². The Morgan fingerprint density at radius 1 is 1.42 bits per heavy atom. The minimum Gasteiger partial charge on any atom is -0.395 e. The molecule has 2 rings (SSSR count). The minimum atomic E-state index is 0.113. The summed E-state index contributed by atoms with van der Waals surface area (Å²) in [7, 11) is 1.84. The van der Waals surface area contributed by atoms with Gasteiger partial charge in [-0.2, -0.15) is 0 Å². The van der Waals surface area contributed by atoms with Crippen LogP contribution < -0.4 is 10.2 Å². The monoisotopic (exact) mass is 263 g/mol. The van der Waals surface area contributed by atoms with Crippen LogP contribution in [0.15, 0.2) is 18.6 Å². The van der Waals surface area contributed by atoms with Gasteiger partial charge in [-0.1, -0.05) is 13.3 Å². The molecule has 0 aliphatic carbocycles. The summed E-state index contributed by atoms with van der Waals surface area (Å²) in [4.78, 5) is 11.0. The van der Waals surface area contributed by atoms with Crippen LogP contribution in [0.3, 0.4) is 0 Å². The number of aromatic nitrogens is 3. The predicted octanol–water partition coefficient (Wildman–Crippen LogP) is 1.37. The largest absolute Gasteiger partial charge is 0.395 e. The summed E-state index contributed by atoms with van der Waals surface area (Å²) in [5.41, 5.74) is 0.823. The van der Waals surface area contributed by atoms with E-state index in [1.807, 2.05) is 23.8 Å². The van der Waals surface area contributed by atoms with Crippen LogP contribution in [0, 0.1) is 0 Å². The molecular weight excluding hydrogens is 242 g/mol. The SMILES string of the molecule is CCCCN(CCO)c1nc(NC)cn2ccnc12. The quantitative estimate of drug-likeness (QED) is 0.790. The number of unbranched alkanes of at least 4 members (excludes halogenated alkanes) is 1. The molecule has 6 heteroatoms. The number of hydrogen-bond donors (Lipinski definition) is 2. The lowest BCUT2D eigenvalue weighted by molar-refractivity contribution is 0.301. The highest BCUT2D eigenvalue weighted by Crippen LogP contribution is 2.20. The Labute approximate surface area is 113 Å². The van der Waals surface area contributed by atoms with Crippen LogP contribution in [0.25, 0.3) is 5.65 Å². The molecule has 2 aromatic rings. The third-order valence-corrected chi connectivity index (χ3v) is 3.06. The van der Waals surface area contributed by atoms with Gasteiger partial charge in [0, 0.05) is 32.5 Å². The van der Waals surface area contributed by atoms with Gasteiger partial charge in [-0.15, -0.1) is 0 Å². The Bertz CT molecular complexity index is 525. The normalized spacial score (nSPS) is 10.9. The molecule has 0 bridgehead atoms. The van der Waals surface area contributed by atoms with E-state index in [0.29, 0.717) is 6.54 Å². The second-order valence-corrected chi connectivity index (χ2v) is 4.42. The van der Waals surface area contributed by atoms with E-state index in [9.17, 15) is 5.11 Å². The third kappa shape index (κ3) is 2.96. The fraction of sp³-hybridized carbons (Fsp3) is 0.538. The van der Waals surface area contributed by atoms with Crippen molar-refractivity contribution in [2.24, 2.45) is 0 Å². The van der Waals surface area contributed by atoms with Crippen molar-refractivity contribution < 1.29 is 5.11 Å². The van der Waals surface area contributed by atoms with Crippen molar-refractivity contribution in [2.45, 2.75) is 19.8 Å². The number of nitrogens with zero attached hydrogens (tertiary/aromatic N) is 4. The molecule has 104 valence electrons. The van der Waals surface area contributed by atoms with Gasteiger partial charge in [-0.3, -0.25) is 0 Å². The third-order valence-electron chi connectivity index (χ3n) is 3.06. The summed E-state index contributed by atoms with van der Waals surface area (Å²) in [6.45, 7) is 3.71. The van der Waals surface area contributed by atoms with Crippen LogP contribution >= 0.6 is 0 Å². The van der Waals surface area contributed by atoms with Gasteiger partial charge < -0.3 is 19.7 Å². The Morgan fingerprint density at radius 2 is 2.26 bits per heavy atom. The fourth-order valence-corrected chi connectivity index (χ4v) is 2.04. The molecule has 0 saturated heterocycles. The van der Waals surface area contributed by atoms with Gasteiger partial charge >= 0.3 is 0 Å². The van der Waals surface area contributed by atoms with Crippen molar-refractivity contribution >= 4 is 17.3 Å². The van der Waals surface area contributed by atoms with Gasteiger partial charge in [0.25, 0.3) is 0 Å². The molecular formula is C13H21N5O. The first-order valence-electron chi connectivity index (χ1n) is 6.67. The summed E-state index contributed by atoms with van der Waals surface area (Å²) < 4.78 is 1.95. The fourth-order valence-electron chi connectivity index (χ4n) is 2.04. The number of rotatable bonds is 7. The molecule has 0 radical (unpaired) electrons. The van der Waals surface area contributed by atoms with Crippen LogP contribution in [0.5, 0.6) is 0 Å².